The smallest absolute Gasteiger partial charge is 0.289 e. The predicted molar refractivity (Wildman–Crippen MR) is 106 cm³/mol. The minimum atomic E-state index is -0.700. The second-order valence-corrected chi connectivity index (χ2v) is 7.85. The Labute approximate surface area is 169 Å². The topological polar surface area (TPSA) is 65.1 Å². The summed E-state index contributed by atoms with van der Waals surface area (Å²) in [5, 5.41) is 0. The molecule has 29 heavy (non-hydrogen) atoms. The molecular weight excluding hydrogens is 370 g/mol. The van der Waals surface area contributed by atoms with Crippen LogP contribution in [0.5, 0.6) is 11.5 Å². The Morgan fingerprint density at radius 2 is 1.72 bits per heavy atom. The van der Waals surface area contributed by atoms with Crippen LogP contribution in [0.3, 0.4) is 0 Å². The van der Waals surface area contributed by atoms with Crippen LogP contribution in [0.15, 0.2) is 60.4 Å². The maximum Gasteiger partial charge on any atom is 0.289 e. The van der Waals surface area contributed by atoms with Crippen LogP contribution >= 0.6 is 0 Å². The summed E-state index contributed by atoms with van der Waals surface area (Å²) in [6, 6.07) is 15.3. The molecular formula is C23H23NO5. The molecule has 0 atom stereocenters. The molecule has 0 radical (unpaired) electrons. The van der Waals surface area contributed by atoms with Crippen molar-refractivity contribution in [3.05, 3.63) is 71.5 Å². The normalized spacial score (nSPS) is 16.8. The highest BCUT2D eigenvalue weighted by molar-refractivity contribution is 6.01. The first-order valence-electron chi connectivity index (χ1n) is 9.55. The Hall–Kier alpha value is -3.28. The van der Waals surface area contributed by atoms with E-state index in [0.29, 0.717) is 24.6 Å². The Kier molecular flexibility index (Phi) is 5.01. The number of hydrogen-bond acceptors (Lipinski definition) is 5. The van der Waals surface area contributed by atoms with Gasteiger partial charge in [0.15, 0.2) is 23.0 Å². The van der Waals surface area contributed by atoms with Gasteiger partial charge in [0.2, 0.25) is 6.79 Å². The lowest BCUT2D eigenvalue weighted by Crippen LogP contribution is -2.39. The fourth-order valence-electron chi connectivity index (χ4n) is 3.50. The van der Waals surface area contributed by atoms with Crippen molar-refractivity contribution in [3.8, 4) is 11.5 Å². The Morgan fingerprint density at radius 3 is 2.48 bits per heavy atom. The molecule has 0 unspecified atom stereocenters. The number of carbonyl (C=O) groups excluding carboxylic acids is 2. The summed E-state index contributed by atoms with van der Waals surface area (Å²) in [4.78, 5) is 27.1. The van der Waals surface area contributed by atoms with E-state index in [1.165, 1.54) is 6.08 Å². The van der Waals surface area contributed by atoms with Crippen molar-refractivity contribution in [1.82, 2.24) is 4.90 Å². The fraction of sp³-hybridized carbons (Fsp3) is 0.304. The van der Waals surface area contributed by atoms with Crippen molar-refractivity contribution < 1.29 is 23.8 Å². The second-order valence-electron chi connectivity index (χ2n) is 7.85. The van der Waals surface area contributed by atoms with Crippen LogP contribution in [-0.2, 0) is 27.4 Å². The molecule has 2 heterocycles. The molecule has 6 heteroatoms. The summed E-state index contributed by atoms with van der Waals surface area (Å²) in [6.45, 7) is 4.56. The molecule has 4 rings (SSSR count). The number of ketones is 1. The van der Waals surface area contributed by atoms with Crippen LogP contribution in [0.25, 0.3) is 0 Å². The van der Waals surface area contributed by atoms with Gasteiger partial charge in [-0.3, -0.25) is 9.59 Å². The largest absolute Gasteiger partial charge is 0.481 e. The van der Waals surface area contributed by atoms with Crippen molar-refractivity contribution in [2.75, 3.05) is 6.79 Å². The lowest BCUT2D eigenvalue weighted by atomic mass is 9.98. The first-order valence-corrected chi connectivity index (χ1v) is 9.55. The van der Waals surface area contributed by atoms with Gasteiger partial charge >= 0.3 is 0 Å². The molecule has 0 aromatic heterocycles. The first-order chi connectivity index (χ1) is 13.9. The Bertz CT molecular complexity index is 964. The maximum atomic E-state index is 13.3. The zero-order chi connectivity index (χ0) is 20.4. The molecule has 0 saturated carbocycles. The van der Waals surface area contributed by atoms with E-state index in [1.54, 1.807) is 4.90 Å². The van der Waals surface area contributed by atoms with Crippen molar-refractivity contribution >= 4 is 11.7 Å². The summed E-state index contributed by atoms with van der Waals surface area (Å²) in [5.41, 5.74) is 1.19. The van der Waals surface area contributed by atoms with Crippen LogP contribution < -0.4 is 9.47 Å². The number of rotatable bonds is 5. The summed E-state index contributed by atoms with van der Waals surface area (Å²) in [7, 11) is 0. The van der Waals surface area contributed by atoms with Crippen molar-refractivity contribution in [3.63, 3.8) is 0 Å². The molecule has 1 amide bonds. The molecule has 0 fully saturated rings. The van der Waals surface area contributed by atoms with E-state index >= 15 is 0 Å². The number of allylic oxidation sites excluding steroid dienone is 1. The van der Waals surface area contributed by atoms with Crippen LogP contribution in [0.4, 0.5) is 0 Å². The Morgan fingerprint density at radius 1 is 1.00 bits per heavy atom. The van der Waals surface area contributed by atoms with Gasteiger partial charge in [0.05, 0.1) is 0 Å². The molecule has 0 N–H and O–H groups in total. The average molecular weight is 393 g/mol. The highest BCUT2D eigenvalue weighted by Gasteiger charge is 2.33. The number of ether oxygens (including phenoxy) is 3. The van der Waals surface area contributed by atoms with Crippen LogP contribution in [0.2, 0.25) is 0 Å². The number of nitrogens with zero attached hydrogens (tertiary/aromatic N) is 1. The monoisotopic (exact) mass is 393 g/mol. The van der Waals surface area contributed by atoms with Crippen LogP contribution in [0.1, 0.15) is 31.4 Å². The number of hydrogen-bond donors (Lipinski definition) is 0. The lowest BCUT2D eigenvalue weighted by molar-refractivity contribution is -0.139. The van der Waals surface area contributed by atoms with Gasteiger partial charge in [0, 0.05) is 25.6 Å². The minimum absolute atomic E-state index is 0.0860. The first kappa shape index (κ1) is 19.1. The third-order valence-corrected chi connectivity index (χ3v) is 4.80. The minimum Gasteiger partial charge on any atom is -0.481 e. The van der Waals surface area contributed by atoms with E-state index in [0.717, 1.165) is 11.1 Å². The van der Waals surface area contributed by atoms with E-state index in [9.17, 15) is 9.59 Å². The molecule has 0 saturated heterocycles. The molecule has 2 aliphatic heterocycles. The van der Waals surface area contributed by atoms with Gasteiger partial charge in [-0.05, 0) is 37.1 Å². The summed E-state index contributed by atoms with van der Waals surface area (Å²) >= 11 is 0. The molecule has 2 aromatic carbocycles. The number of benzene rings is 2. The van der Waals surface area contributed by atoms with E-state index in [1.807, 2.05) is 62.4 Å². The molecule has 6 nitrogen and oxygen atoms in total. The lowest BCUT2D eigenvalue weighted by Gasteiger charge is -2.32. The molecule has 2 aliphatic rings. The zero-order valence-corrected chi connectivity index (χ0v) is 16.5. The zero-order valence-electron chi connectivity index (χ0n) is 16.5. The summed E-state index contributed by atoms with van der Waals surface area (Å²) in [6.07, 6.45) is 1.57. The SMILES string of the molecule is CC1(C)CC(=O)C=C(C(=O)N(Cc2ccccc2)Cc2ccc3c(c2)OCO3)O1. The van der Waals surface area contributed by atoms with Crippen LogP contribution in [0, 0.1) is 0 Å². The maximum absolute atomic E-state index is 13.3. The van der Waals surface area contributed by atoms with E-state index in [2.05, 4.69) is 0 Å². The quantitative estimate of drug-likeness (QED) is 0.777. The van der Waals surface area contributed by atoms with Gasteiger partial charge in [-0.1, -0.05) is 36.4 Å². The fourth-order valence-corrected chi connectivity index (χ4v) is 3.50. The summed E-state index contributed by atoms with van der Waals surface area (Å²) in [5.74, 6) is 1.03. The van der Waals surface area contributed by atoms with Gasteiger partial charge in [0.1, 0.15) is 5.60 Å². The molecule has 0 aliphatic carbocycles. The molecule has 2 aromatic rings. The van der Waals surface area contributed by atoms with Gasteiger partial charge in [-0.2, -0.15) is 0 Å². The predicted octanol–water partition coefficient (Wildman–Crippen LogP) is 3.60. The third-order valence-electron chi connectivity index (χ3n) is 4.80. The highest BCUT2D eigenvalue weighted by Crippen LogP contribution is 2.33. The molecule has 0 spiro atoms. The van der Waals surface area contributed by atoms with Crippen molar-refractivity contribution in [1.29, 1.82) is 0 Å². The van der Waals surface area contributed by atoms with E-state index in [4.69, 9.17) is 14.2 Å². The molecule has 150 valence electrons. The second kappa shape index (κ2) is 7.62. The highest BCUT2D eigenvalue weighted by atomic mass is 16.7. The average Bonchev–Trinajstić information content (AvgIpc) is 3.14. The summed E-state index contributed by atoms with van der Waals surface area (Å²) < 4.78 is 16.7. The van der Waals surface area contributed by atoms with Gasteiger partial charge in [-0.15, -0.1) is 0 Å². The number of carbonyl (C=O) groups is 2. The van der Waals surface area contributed by atoms with Gasteiger partial charge in [0.25, 0.3) is 5.91 Å². The Balaban J connectivity index is 1.61. The van der Waals surface area contributed by atoms with Gasteiger partial charge < -0.3 is 19.1 Å². The van der Waals surface area contributed by atoms with Crippen LogP contribution in [-0.4, -0.2) is 29.0 Å². The number of fused-ring (bicyclic) bond motifs is 1. The third kappa shape index (κ3) is 4.42. The molecule has 0 bridgehead atoms. The number of amides is 1. The van der Waals surface area contributed by atoms with Crippen molar-refractivity contribution in [2.45, 2.75) is 39.0 Å². The van der Waals surface area contributed by atoms with E-state index in [-0.39, 0.29) is 30.7 Å². The van der Waals surface area contributed by atoms with E-state index < -0.39 is 5.60 Å². The van der Waals surface area contributed by atoms with Gasteiger partial charge in [-0.25, -0.2) is 0 Å². The standard InChI is InChI=1S/C23H23NO5/c1-23(2)12-18(25)11-21(29-23)22(26)24(13-16-6-4-3-5-7-16)14-17-8-9-19-20(10-17)28-15-27-19/h3-11H,12-15H2,1-2H3. The van der Waals surface area contributed by atoms with Crippen molar-refractivity contribution in [2.24, 2.45) is 0 Å².